The van der Waals surface area contributed by atoms with Crippen molar-refractivity contribution < 1.29 is 9.47 Å². The largest absolute Gasteiger partial charge is 0.496 e. The molecule has 0 bridgehead atoms. The fraction of sp³-hybridized carbons (Fsp3) is 0.786. The molecule has 2 nitrogen and oxygen atoms in total. The zero-order chi connectivity index (χ0) is 12.4. The van der Waals surface area contributed by atoms with Crippen LogP contribution in [-0.2, 0) is 9.47 Å². The molecular formula is C14H24O2. The molecule has 0 aromatic rings. The SMILES string of the molecule is COC=C=C1CC(COC(C)(C)C)C1(C)C. The van der Waals surface area contributed by atoms with Crippen molar-refractivity contribution in [2.24, 2.45) is 11.3 Å². The fourth-order valence-corrected chi connectivity index (χ4v) is 1.87. The average molecular weight is 224 g/mol. The molecule has 1 fully saturated rings. The first-order chi connectivity index (χ1) is 7.27. The number of rotatable bonds is 3. The topological polar surface area (TPSA) is 18.5 Å². The number of hydrogen-bond acceptors (Lipinski definition) is 2. The molecule has 1 atom stereocenters. The maximum absolute atomic E-state index is 5.84. The molecule has 16 heavy (non-hydrogen) atoms. The van der Waals surface area contributed by atoms with Gasteiger partial charge in [-0.05, 0) is 44.1 Å². The zero-order valence-corrected chi connectivity index (χ0v) is 11.4. The lowest BCUT2D eigenvalue weighted by molar-refractivity contribution is -0.0545. The van der Waals surface area contributed by atoms with Crippen LogP contribution in [0.2, 0.25) is 0 Å². The lowest BCUT2D eigenvalue weighted by atomic mass is 9.59. The highest BCUT2D eigenvalue weighted by Crippen LogP contribution is 2.50. The Morgan fingerprint density at radius 2 is 2.06 bits per heavy atom. The number of methoxy groups -OCH3 is 1. The zero-order valence-electron chi connectivity index (χ0n) is 11.4. The van der Waals surface area contributed by atoms with Gasteiger partial charge in [0.05, 0.1) is 19.3 Å². The Morgan fingerprint density at radius 1 is 1.44 bits per heavy atom. The number of allylic oxidation sites excluding steroid dienone is 1. The summed E-state index contributed by atoms with van der Waals surface area (Å²) in [5.74, 6) is 0.597. The summed E-state index contributed by atoms with van der Waals surface area (Å²) in [5, 5.41) is 0. The minimum absolute atomic E-state index is 0.0437. The molecule has 0 N–H and O–H groups in total. The summed E-state index contributed by atoms with van der Waals surface area (Å²) < 4.78 is 10.7. The van der Waals surface area contributed by atoms with E-state index in [0.717, 1.165) is 13.0 Å². The first-order valence-electron chi connectivity index (χ1n) is 5.88. The van der Waals surface area contributed by atoms with Gasteiger partial charge in [-0.15, -0.1) is 0 Å². The third-order valence-corrected chi connectivity index (χ3v) is 3.32. The molecule has 1 unspecified atom stereocenters. The van der Waals surface area contributed by atoms with Gasteiger partial charge in [-0.25, -0.2) is 0 Å². The second kappa shape index (κ2) is 4.65. The second-order valence-corrected chi connectivity index (χ2v) is 6.02. The normalized spacial score (nSPS) is 23.4. The van der Waals surface area contributed by atoms with Gasteiger partial charge in [0.2, 0.25) is 0 Å². The second-order valence-electron chi connectivity index (χ2n) is 6.02. The Morgan fingerprint density at radius 3 is 2.50 bits per heavy atom. The maximum Gasteiger partial charge on any atom is 0.125 e. The van der Waals surface area contributed by atoms with E-state index in [2.05, 4.69) is 40.3 Å². The highest BCUT2D eigenvalue weighted by Gasteiger charge is 2.43. The van der Waals surface area contributed by atoms with Gasteiger partial charge in [-0.1, -0.05) is 19.6 Å². The van der Waals surface area contributed by atoms with Gasteiger partial charge in [-0.2, -0.15) is 0 Å². The van der Waals surface area contributed by atoms with Gasteiger partial charge >= 0.3 is 0 Å². The Kier molecular flexibility index (Phi) is 3.88. The molecule has 92 valence electrons. The van der Waals surface area contributed by atoms with Crippen LogP contribution in [0, 0.1) is 11.3 Å². The molecule has 0 aromatic heterocycles. The molecule has 0 saturated heterocycles. The van der Waals surface area contributed by atoms with Crippen LogP contribution in [0.4, 0.5) is 0 Å². The fourth-order valence-electron chi connectivity index (χ4n) is 1.87. The van der Waals surface area contributed by atoms with Crippen LogP contribution in [0.25, 0.3) is 0 Å². The van der Waals surface area contributed by atoms with E-state index in [0.29, 0.717) is 5.92 Å². The number of ether oxygens (including phenoxy) is 2. The highest BCUT2D eigenvalue weighted by molar-refractivity contribution is 5.23. The lowest BCUT2D eigenvalue weighted by Gasteiger charge is -2.46. The van der Waals surface area contributed by atoms with E-state index in [1.807, 2.05) is 0 Å². The van der Waals surface area contributed by atoms with Gasteiger partial charge in [-0.3, -0.25) is 0 Å². The summed E-state index contributed by atoms with van der Waals surface area (Å²) in [6.07, 6.45) is 2.71. The molecule has 2 heteroatoms. The smallest absolute Gasteiger partial charge is 0.125 e. The molecule has 0 aliphatic heterocycles. The molecule has 1 aliphatic carbocycles. The Hall–Kier alpha value is -0.720. The average Bonchev–Trinajstić information content (AvgIpc) is 2.13. The van der Waals surface area contributed by atoms with E-state index in [1.54, 1.807) is 13.4 Å². The third-order valence-electron chi connectivity index (χ3n) is 3.32. The van der Waals surface area contributed by atoms with E-state index in [1.165, 1.54) is 5.57 Å². The predicted octanol–water partition coefficient (Wildman–Crippen LogP) is 3.53. The van der Waals surface area contributed by atoms with Crippen molar-refractivity contribution in [3.63, 3.8) is 0 Å². The van der Waals surface area contributed by atoms with Crippen LogP contribution < -0.4 is 0 Å². The quantitative estimate of drug-likeness (QED) is 0.539. The Labute approximate surface area is 99.3 Å². The Balaban J connectivity index is 2.54. The first-order valence-corrected chi connectivity index (χ1v) is 5.88. The molecule has 0 heterocycles. The van der Waals surface area contributed by atoms with Crippen LogP contribution in [0.1, 0.15) is 41.0 Å². The van der Waals surface area contributed by atoms with Crippen LogP contribution in [-0.4, -0.2) is 19.3 Å². The molecule has 1 saturated carbocycles. The van der Waals surface area contributed by atoms with Crippen molar-refractivity contribution >= 4 is 0 Å². The highest BCUT2D eigenvalue weighted by atomic mass is 16.5. The van der Waals surface area contributed by atoms with Crippen LogP contribution >= 0.6 is 0 Å². The van der Waals surface area contributed by atoms with Crippen molar-refractivity contribution in [1.82, 2.24) is 0 Å². The van der Waals surface area contributed by atoms with E-state index in [9.17, 15) is 0 Å². The summed E-state index contributed by atoms with van der Waals surface area (Å²) in [5.41, 5.74) is 4.68. The standard InChI is InChI=1S/C14H24O2/c1-13(2,3)16-10-12-9-11(7-8-15-6)14(12,4)5/h8,12H,9-10H2,1-6H3. The first kappa shape index (κ1) is 13.3. The summed E-state index contributed by atoms with van der Waals surface area (Å²) in [7, 11) is 1.65. The monoisotopic (exact) mass is 224 g/mol. The molecule has 0 radical (unpaired) electrons. The minimum Gasteiger partial charge on any atom is -0.496 e. The van der Waals surface area contributed by atoms with Crippen molar-refractivity contribution in [1.29, 1.82) is 0 Å². The van der Waals surface area contributed by atoms with Gasteiger partial charge in [0, 0.05) is 0 Å². The third kappa shape index (κ3) is 3.13. The van der Waals surface area contributed by atoms with Gasteiger partial charge in [0.1, 0.15) is 6.26 Å². The minimum atomic E-state index is -0.0437. The van der Waals surface area contributed by atoms with E-state index < -0.39 is 0 Å². The van der Waals surface area contributed by atoms with Crippen LogP contribution in [0.3, 0.4) is 0 Å². The molecule has 1 aliphatic rings. The summed E-state index contributed by atoms with van der Waals surface area (Å²) in [4.78, 5) is 0. The van der Waals surface area contributed by atoms with Crippen molar-refractivity contribution in [3.8, 4) is 0 Å². The molecular weight excluding hydrogens is 200 g/mol. The summed E-state index contributed by atoms with van der Waals surface area (Å²) >= 11 is 0. The van der Waals surface area contributed by atoms with E-state index in [4.69, 9.17) is 9.47 Å². The van der Waals surface area contributed by atoms with E-state index in [-0.39, 0.29) is 11.0 Å². The molecule has 0 amide bonds. The van der Waals surface area contributed by atoms with E-state index >= 15 is 0 Å². The van der Waals surface area contributed by atoms with Crippen LogP contribution in [0.5, 0.6) is 0 Å². The molecule has 0 spiro atoms. The lowest BCUT2D eigenvalue weighted by Crippen LogP contribution is -2.41. The van der Waals surface area contributed by atoms with Gasteiger partial charge < -0.3 is 9.47 Å². The number of hydrogen-bond donors (Lipinski definition) is 0. The van der Waals surface area contributed by atoms with Gasteiger partial charge in [0.15, 0.2) is 0 Å². The van der Waals surface area contributed by atoms with Crippen LogP contribution in [0.15, 0.2) is 17.6 Å². The molecule has 1 rings (SSSR count). The maximum atomic E-state index is 5.84. The van der Waals surface area contributed by atoms with Crippen molar-refractivity contribution in [3.05, 3.63) is 17.6 Å². The van der Waals surface area contributed by atoms with Gasteiger partial charge in [0.25, 0.3) is 0 Å². The van der Waals surface area contributed by atoms with Crippen molar-refractivity contribution in [2.45, 2.75) is 46.6 Å². The summed E-state index contributed by atoms with van der Waals surface area (Å²) in [6.45, 7) is 11.6. The molecule has 0 aromatic carbocycles. The van der Waals surface area contributed by atoms with Crippen molar-refractivity contribution in [2.75, 3.05) is 13.7 Å². The predicted molar refractivity (Wildman–Crippen MR) is 66.2 cm³/mol. The Bertz CT molecular complexity index is 301. The summed E-state index contributed by atoms with van der Waals surface area (Å²) in [6, 6.07) is 0.